The first-order valence-corrected chi connectivity index (χ1v) is 12.0. The van der Waals surface area contributed by atoms with Crippen molar-refractivity contribution in [1.82, 2.24) is 9.55 Å². The topological polar surface area (TPSA) is 244 Å². The second-order valence-corrected chi connectivity index (χ2v) is 10.2. The Balaban J connectivity index is 2.02. The van der Waals surface area contributed by atoms with Crippen molar-refractivity contribution in [2.75, 3.05) is 6.61 Å². The van der Waals surface area contributed by atoms with Crippen LogP contribution in [0.4, 0.5) is 0 Å². The van der Waals surface area contributed by atoms with E-state index in [1.54, 1.807) is 0 Å². The summed E-state index contributed by atoms with van der Waals surface area (Å²) in [6.07, 6.45) is -2.72. The number of hydrogen-bond acceptors (Lipinski definition) is 10. The van der Waals surface area contributed by atoms with E-state index in [1.807, 2.05) is 4.98 Å². The van der Waals surface area contributed by atoms with E-state index in [-0.39, 0.29) is 12.0 Å². The Labute approximate surface area is 161 Å². The summed E-state index contributed by atoms with van der Waals surface area (Å²) in [6, 6.07) is 0. The van der Waals surface area contributed by atoms with E-state index in [9.17, 15) is 33.3 Å². The highest BCUT2D eigenvalue weighted by atomic mass is 31.3. The third-order valence-electron chi connectivity index (χ3n) is 3.42. The Morgan fingerprint density at radius 1 is 1.17 bits per heavy atom. The van der Waals surface area contributed by atoms with Crippen LogP contribution in [0.25, 0.3) is 0 Å². The summed E-state index contributed by atoms with van der Waals surface area (Å²) >= 11 is 0. The predicted octanol–water partition coefficient (Wildman–Crippen LogP) is -1.16. The maximum absolute atomic E-state index is 11.9. The lowest BCUT2D eigenvalue weighted by Crippen LogP contribution is -2.36. The van der Waals surface area contributed by atoms with Gasteiger partial charge in [-0.15, -0.1) is 0 Å². The molecule has 2 heterocycles. The van der Waals surface area contributed by atoms with E-state index in [2.05, 4.69) is 13.1 Å². The van der Waals surface area contributed by atoms with Gasteiger partial charge in [-0.1, -0.05) is 0 Å². The van der Waals surface area contributed by atoms with Gasteiger partial charge in [-0.05, 0) is 6.92 Å². The van der Waals surface area contributed by atoms with Gasteiger partial charge in [-0.2, -0.15) is 8.62 Å². The van der Waals surface area contributed by atoms with Crippen LogP contribution < -0.4 is 11.2 Å². The number of nitrogens with zero attached hydrogens (tertiary/aromatic N) is 1. The molecule has 0 aliphatic carbocycles. The molecule has 0 spiro atoms. The summed E-state index contributed by atoms with van der Waals surface area (Å²) in [5, 5.41) is 10.1. The van der Waals surface area contributed by atoms with Crippen LogP contribution in [0.5, 0.6) is 0 Å². The van der Waals surface area contributed by atoms with E-state index in [0.717, 1.165) is 10.8 Å². The average Bonchev–Trinajstić information content (AvgIpc) is 2.86. The van der Waals surface area contributed by atoms with Crippen molar-refractivity contribution in [1.29, 1.82) is 0 Å². The number of aromatic amines is 1. The molecular weight excluding hydrogens is 465 g/mol. The first kappa shape index (κ1) is 24.3. The number of nitrogens with one attached hydrogen (secondary N) is 1. The monoisotopic (exact) mass is 482 g/mol. The molecule has 1 fully saturated rings. The number of H-pyrrole nitrogens is 1. The smallest absolute Gasteiger partial charge is 0.388 e. The van der Waals surface area contributed by atoms with Crippen LogP contribution in [0.2, 0.25) is 0 Å². The SMILES string of the molecule is Cc1cn(C2OC(COP(=O)(O)OP(=O)(O)OP(=O)(O)O)CC2O)c(=O)[nH]c1=O. The van der Waals surface area contributed by atoms with Gasteiger partial charge in [0.25, 0.3) is 5.56 Å². The van der Waals surface area contributed by atoms with Crippen molar-refractivity contribution in [3.63, 3.8) is 0 Å². The van der Waals surface area contributed by atoms with Crippen LogP contribution in [0.1, 0.15) is 18.2 Å². The molecule has 0 amide bonds. The van der Waals surface area contributed by atoms with Crippen molar-refractivity contribution in [2.24, 2.45) is 0 Å². The van der Waals surface area contributed by atoms with Gasteiger partial charge in [0.15, 0.2) is 6.23 Å². The van der Waals surface area contributed by atoms with Crippen molar-refractivity contribution < 1.29 is 56.3 Å². The van der Waals surface area contributed by atoms with Crippen LogP contribution in [0.3, 0.4) is 0 Å². The summed E-state index contributed by atoms with van der Waals surface area (Å²) < 4.78 is 51.2. The Kier molecular flexibility index (Phi) is 7.23. The van der Waals surface area contributed by atoms with E-state index in [0.29, 0.717) is 0 Å². The molecule has 0 bridgehead atoms. The normalized spacial score (nSPS) is 26.8. The number of aromatic nitrogens is 2. The molecule has 19 heteroatoms. The zero-order valence-corrected chi connectivity index (χ0v) is 17.1. The van der Waals surface area contributed by atoms with Gasteiger partial charge in [-0.3, -0.25) is 18.9 Å². The van der Waals surface area contributed by atoms with Crippen molar-refractivity contribution in [3.8, 4) is 0 Å². The molecule has 29 heavy (non-hydrogen) atoms. The molecule has 166 valence electrons. The van der Waals surface area contributed by atoms with Crippen LogP contribution in [-0.4, -0.2) is 53.0 Å². The molecule has 0 saturated carbocycles. The molecule has 1 saturated heterocycles. The molecule has 2 rings (SSSR count). The van der Waals surface area contributed by atoms with E-state index in [1.165, 1.54) is 6.92 Å². The van der Waals surface area contributed by atoms with Crippen LogP contribution in [0.15, 0.2) is 15.8 Å². The second kappa shape index (κ2) is 8.63. The minimum Gasteiger partial charge on any atom is -0.388 e. The largest absolute Gasteiger partial charge is 0.490 e. The number of aliphatic hydroxyl groups is 1. The lowest BCUT2D eigenvalue weighted by Gasteiger charge is -2.19. The van der Waals surface area contributed by atoms with Gasteiger partial charge in [0.05, 0.1) is 12.7 Å². The summed E-state index contributed by atoms with van der Waals surface area (Å²) in [6.45, 7) is 0.622. The zero-order valence-electron chi connectivity index (χ0n) is 14.4. The third kappa shape index (κ3) is 7.03. The molecule has 0 aromatic carbocycles. The molecule has 16 nitrogen and oxygen atoms in total. The molecule has 5 atom stereocenters. The number of rotatable bonds is 8. The number of phosphoric ester groups is 1. The fourth-order valence-corrected chi connectivity index (χ4v) is 5.39. The molecule has 1 aromatic rings. The highest BCUT2D eigenvalue weighted by molar-refractivity contribution is 7.66. The quantitative estimate of drug-likeness (QED) is 0.239. The van der Waals surface area contributed by atoms with E-state index < -0.39 is 59.8 Å². The lowest BCUT2D eigenvalue weighted by atomic mass is 10.2. The Bertz CT molecular complexity index is 1010. The third-order valence-corrected chi connectivity index (χ3v) is 7.23. The second-order valence-electron chi connectivity index (χ2n) is 5.82. The predicted molar refractivity (Wildman–Crippen MR) is 90.4 cm³/mol. The first-order valence-electron chi connectivity index (χ1n) is 7.52. The maximum Gasteiger partial charge on any atom is 0.490 e. The van der Waals surface area contributed by atoms with Gasteiger partial charge in [-0.25, -0.2) is 18.5 Å². The number of aryl methyl sites for hydroxylation is 1. The summed E-state index contributed by atoms with van der Waals surface area (Å²) in [4.78, 5) is 60.6. The van der Waals surface area contributed by atoms with Crippen molar-refractivity contribution in [3.05, 3.63) is 32.6 Å². The Morgan fingerprint density at radius 2 is 1.79 bits per heavy atom. The maximum atomic E-state index is 11.9. The lowest BCUT2D eigenvalue weighted by molar-refractivity contribution is -0.0525. The molecular formula is C10H17N2O14P3. The number of hydrogen-bond donors (Lipinski definition) is 6. The molecule has 6 N–H and O–H groups in total. The molecule has 1 aromatic heterocycles. The summed E-state index contributed by atoms with van der Waals surface area (Å²) in [7, 11) is -16.5. The van der Waals surface area contributed by atoms with Gasteiger partial charge >= 0.3 is 29.2 Å². The molecule has 0 radical (unpaired) electrons. The Morgan fingerprint density at radius 3 is 2.38 bits per heavy atom. The average molecular weight is 482 g/mol. The summed E-state index contributed by atoms with van der Waals surface area (Å²) in [5.74, 6) is 0. The van der Waals surface area contributed by atoms with Gasteiger partial charge in [0.2, 0.25) is 0 Å². The van der Waals surface area contributed by atoms with Gasteiger partial charge in [0.1, 0.15) is 6.10 Å². The number of phosphoric acid groups is 3. The summed E-state index contributed by atoms with van der Waals surface area (Å²) in [5.41, 5.74) is -1.36. The minimum atomic E-state index is -5.66. The van der Waals surface area contributed by atoms with Crippen molar-refractivity contribution >= 4 is 23.5 Å². The van der Waals surface area contributed by atoms with Gasteiger partial charge < -0.3 is 29.4 Å². The molecule has 1 aliphatic rings. The van der Waals surface area contributed by atoms with Crippen LogP contribution >= 0.6 is 23.5 Å². The highest BCUT2D eigenvalue weighted by Crippen LogP contribution is 2.66. The number of ether oxygens (including phenoxy) is 1. The van der Waals surface area contributed by atoms with Gasteiger partial charge in [0, 0.05) is 18.2 Å². The van der Waals surface area contributed by atoms with Crippen molar-refractivity contribution in [2.45, 2.75) is 31.8 Å². The molecule has 5 unspecified atom stereocenters. The highest BCUT2D eigenvalue weighted by Gasteiger charge is 2.42. The van der Waals surface area contributed by atoms with Crippen LogP contribution in [0, 0.1) is 6.92 Å². The van der Waals surface area contributed by atoms with E-state index >= 15 is 0 Å². The fraction of sp³-hybridized carbons (Fsp3) is 0.600. The fourth-order valence-electron chi connectivity index (χ4n) is 2.34. The zero-order chi connectivity index (χ0) is 22.2. The van der Waals surface area contributed by atoms with Crippen LogP contribution in [-0.2, 0) is 31.6 Å². The van der Waals surface area contributed by atoms with E-state index in [4.69, 9.17) is 19.4 Å². The standard InChI is InChI=1S/C10H17N2O14P3/c1-5-3-12(10(15)11-8(5)14)9-7(13)2-6(24-9)4-23-28(19,20)26-29(21,22)25-27(16,17)18/h3,6-7,9,13H,2,4H2,1H3,(H,19,20)(H,21,22)(H,11,14,15)(H2,16,17,18). The molecule has 1 aliphatic heterocycles. The number of aliphatic hydroxyl groups excluding tert-OH is 1. The Hall–Kier alpha value is -0.990. The minimum absolute atomic E-state index is 0.150. The first-order chi connectivity index (χ1) is 13.1.